The van der Waals surface area contributed by atoms with Crippen LogP contribution in [0.4, 0.5) is 0 Å². The van der Waals surface area contributed by atoms with Crippen molar-refractivity contribution in [3.05, 3.63) is 35.4 Å². The minimum Gasteiger partial charge on any atom is -0.299 e. The molecule has 0 atom stereocenters. The molecule has 0 amide bonds. The average molecular weight is 216 g/mol. The minimum atomic E-state index is 0.411. The lowest BCUT2D eigenvalue weighted by Crippen LogP contribution is -2.17. The number of hydrogen-bond acceptors (Lipinski definition) is 1. The van der Waals surface area contributed by atoms with E-state index in [4.69, 9.17) is 0 Å². The maximum absolute atomic E-state index is 11.8. The molecule has 2 rings (SSSR count). The Labute approximate surface area is 97.9 Å². The molecule has 0 unspecified atom stereocenters. The van der Waals surface area contributed by atoms with Crippen LogP contribution in [0.3, 0.4) is 0 Å². The molecule has 0 aliphatic heterocycles. The standard InChI is InChI=1S/C15H20O/c1-2-12-6-8-14(9-7-12)11-15(16)10-13-4-3-5-13/h6-9,13H,2-5,10-11H2,1H3. The summed E-state index contributed by atoms with van der Waals surface area (Å²) in [5.41, 5.74) is 2.51. The fraction of sp³-hybridized carbons (Fsp3) is 0.533. The molecule has 0 heterocycles. The summed E-state index contributed by atoms with van der Waals surface area (Å²) in [4.78, 5) is 11.8. The van der Waals surface area contributed by atoms with Crippen LogP contribution in [0.2, 0.25) is 0 Å². The molecule has 1 aromatic rings. The van der Waals surface area contributed by atoms with Crippen LogP contribution in [0.1, 0.15) is 43.7 Å². The van der Waals surface area contributed by atoms with E-state index >= 15 is 0 Å². The molecule has 1 nitrogen and oxygen atoms in total. The van der Waals surface area contributed by atoms with Crippen molar-refractivity contribution in [2.75, 3.05) is 0 Å². The predicted octanol–water partition coefficient (Wildman–Crippen LogP) is 3.55. The molecule has 1 aliphatic rings. The van der Waals surface area contributed by atoms with Crippen LogP contribution in [0, 0.1) is 5.92 Å². The fourth-order valence-corrected chi connectivity index (χ4v) is 2.21. The van der Waals surface area contributed by atoms with Gasteiger partial charge in [0.25, 0.3) is 0 Å². The van der Waals surface area contributed by atoms with E-state index < -0.39 is 0 Å². The van der Waals surface area contributed by atoms with Gasteiger partial charge < -0.3 is 0 Å². The van der Waals surface area contributed by atoms with Crippen LogP contribution in [0.5, 0.6) is 0 Å². The Morgan fingerprint density at radius 1 is 1.19 bits per heavy atom. The van der Waals surface area contributed by atoms with Gasteiger partial charge in [-0.15, -0.1) is 0 Å². The molecule has 0 radical (unpaired) electrons. The van der Waals surface area contributed by atoms with Crippen LogP contribution in [-0.2, 0) is 17.6 Å². The molecule has 1 saturated carbocycles. The van der Waals surface area contributed by atoms with E-state index in [1.165, 1.54) is 30.4 Å². The van der Waals surface area contributed by atoms with Crippen molar-refractivity contribution in [1.29, 1.82) is 0 Å². The molecule has 1 fully saturated rings. The number of hydrogen-bond donors (Lipinski definition) is 0. The van der Waals surface area contributed by atoms with E-state index in [1.807, 2.05) is 0 Å². The summed E-state index contributed by atoms with van der Waals surface area (Å²) in [7, 11) is 0. The number of aryl methyl sites for hydroxylation is 1. The number of rotatable bonds is 5. The number of Topliss-reactive ketones (excluding diaryl/α,β-unsaturated/α-hetero) is 1. The minimum absolute atomic E-state index is 0.411. The Kier molecular flexibility index (Phi) is 3.76. The highest BCUT2D eigenvalue weighted by Crippen LogP contribution is 2.29. The van der Waals surface area contributed by atoms with Gasteiger partial charge in [-0.3, -0.25) is 4.79 Å². The Morgan fingerprint density at radius 3 is 2.31 bits per heavy atom. The molecule has 0 aromatic heterocycles. The van der Waals surface area contributed by atoms with E-state index in [2.05, 4.69) is 31.2 Å². The molecule has 1 heteroatoms. The van der Waals surface area contributed by atoms with Crippen molar-refractivity contribution in [1.82, 2.24) is 0 Å². The van der Waals surface area contributed by atoms with Gasteiger partial charge in [0.05, 0.1) is 0 Å². The third kappa shape index (κ3) is 2.94. The van der Waals surface area contributed by atoms with Crippen molar-refractivity contribution in [3.8, 4) is 0 Å². The van der Waals surface area contributed by atoms with Crippen molar-refractivity contribution < 1.29 is 4.79 Å². The zero-order valence-electron chi connectivity index (χ0n) is 10.0. The van der Waals surface area contributed by atoms with Gasteiger partial charge in [0.15, 0.2) is 0 Å². The highest BCUT2D eigenvalue weighted by Gasteiger charge is 2.20. The fourth-order valence-electron chi connectivity index (χ4n) is 2.21. The predicted molar refractivity (Wildman–Crippen MR) is 66.5 cm³/mol. The normalized spacial score (nSPS) is 15.8. The quantitative estimate of drug-likeness (QED) is 0.735. The first kappa shape index (κ1) is 11.4. The van der Waals surface area contributed by atoms with Crippen LogP contribution >= 0.6 is 0 Å². The smallest absolute Gasteiger partial charge is 0.137 e. The molecule has 0 bridgehead atoms. The Hall–Kier alpha value is -1.11. The van der Waals surface area contributed by atoms with Gasteiger partial charge in [-0.2, -0.15) is 0 Å². The highest BCUT2D eigenvalue weighted by molar-refractivity contribution is 5.81. The third-order valence-corrected chi connectivity index (χ3v) is 3.57. The summed E-state index contributed by atoms with van der Waals surface area (Å²) in [6.45, 7) is 2.15. The second-order valence-corrected chi connectivity index (χ2v) is 4.89. The SMILES string of the molecule is CCc1ccc(CC(=O)CC2CCC2)cc1. The molecule has 86 valence electrons. The Balaban J connectivity index is 1.84. The largest absolute Gasteiger partial charge is 0.299 e. The zero-order valence-corrected chi connectivity index (χ0v) is 10.0. The Morgan fingerprint density at radius 2 is 1.81 bits per heavy atom. The summed E-state index contributed by atoms with van der Waals surface area (Å²) in [6.07, 6.45) is 6.34. The van der Waals surface area contributed by atoms with Crippen LogP contribution in [0.15, 0.2) is 24.3 Å². The number of ketones is 1. The van der Waals surface area contributed by atoms with Gasteiger partial charge in [-0.05, 0) is 23.5 Å². The van der Waals surface area contributed by atoms with E-state index in [-0.39, 0.29) is 0 Å². The summed E-state index contributed by atoms with van der Waals surface area (Å²) in [5.74, 6) is 1.11. The summed E-state index contributed by atoms with van der Waals surface area (Å²) >= 11 is 0. The molecule has 1 aromatic carbocycles. The lowest BCUT2D eigenvalue weighted by molar-refractivity contribution is -0.119. The Bertz CT molecular complexity index is 346. The topological polar surface area (TPSA) is 17.1 Å². The van der Waals surface area contributed by atoms with Gasteiger partial charge in [0.1, 0.15) is 5.78 Å². The van der Waals surface area contributed by atoms with Gasteiger partial charge in [0, 0.05) is 12.8 Å². The molecule has 16 heavy (non-hydrogen) atoms. The van der Waals surface area contributed by atoms with Crippen molar-refractivity contribution >= 4 is 5.78 Å². The maximum atomic E-state index is 11.8. The summed E-state index contributed by atoms with van der Waals surface area (Å²) in [5, 5.41) is 0. The average Bonchev–Trinajstić information content (AvgIpc) is 2.25. The second-order valence-electron chi connectivity index (χ2n) is 4.89. The number of carbonyl (C=O) groups is 1. The van der Waals surface area contributed by atoms with Crippen LogP contribution in [-0.4, -0.2) is 5.78 Å². The lowest BCUT2D eigenvalue weighted by Gasteiger charge is -2.24. The van der Waals surface area contributed by atoms with Crippen molar-refractivity contribution in [2.45, 2.75) is 45.4 Å². The first-order valence-electron chi connectivity index (χ1n) is 6.37. The van der Waals surface area contributed by atoms with E-state index in [0.29, 0.717) is 18.1 Å². The molecule has 0 spiro atoms. The first-order valence-corrected chi connectivity index (χ1v) is 6.37. The van der Waals surface area contributed by atoms with E-state index in [9.17, 15) is 4.79 Å². The van der Waals surface area contributed by atoms with Crippen molar-refractivity contribution in [3.63, 3.8) is 0 Å². The lowest BCUT2D eigenvalue weighted by atomic mass is 9.81. The van der Waals surface area contributed by atoms with Crippen LogP contribution in [0.25, 0.3) is 0 Å². The van der Waals surface area contributed by atoms with Crippen LogP contribution < -0.4 is 0 Å². The molecule has 0 N–H and O–H groups in total. The number of benzene rings is 1. The van der Waals surface area contributed by atoms with Gasteiger partial charge in [0.2, 0.25) is 0 Å². The highest BCUT2D eigenvalue weighted by atomic mass is 16.1. The zero-order chi connectivity index (χ0) is 11.4. The summed E-state index contributed by atoms with van der Waals surface area (Å²) < 4.78 is 0. The van der Waals surface area contributed by atoms with Gasteiger partial charge in [-0.1, -0.05) is 50.5 Å². The van der Waals surface area contributed by atoms with E-state index in [1.54, 1.807) is 0 Å². The monoisotopic (exact) mass is 216 g/mol. The maximum Gasteiger partial charge on any atom is 0.137 e. The summed E-state index contributed by atoms with van der Waals surface area (Å²) in [6, 6.07) is 8.45. The first-order chi connectivity index (χ1) is 7.78. The molecular weight excluding hydrogens is 196 g/mol. The van der Waals surface area contributed by atoms with Crippen molar-refractivity contribution in [2.24, 2.45) is 5.92 Å². The molecule has 0 saturated heterocycles. The third-order valence-electron chi connectivity index (χ3n) is 3.57. The number of carbonyl (C=O) groups excluding carboxylic acids is 1. The molecule has 1 aliphatic carbocycles. The van der Waals surface area contributed by atoms with E-state index in [0.717, 1.165) is 12.8 Å². The molecular formula is C15H20O. The van der Waals surface area contributed by atoms with Gasteiger partial charge >= 0.3 is 0 Å². The van der Waals surface area contributed by atoms with Gasteiger partial charge in [-0.25, -0.2) is 0 Å². The second kappa shape index (κ2) is 5.29.